The summed E-state index contributed by atoms with van der Waals surface area (Å²) in [6.07, 6.45) is 6.01. The zero-order valence-electron chi connectivity index (χ0n) is 14.9. The minimum Gasteiger partial charge on any atom is -0.486 e. The molecule has 1 fully saturated rings. The first-order valence-corrected chi connectivity index (χ1v) is 9.09. The molecule has 134 valence electrons. The number of ether oxygens (including phenoxy) is 1. The number of carbonyl (C=O) groups is 2. The van der Waals surface area contributed by atoms with Crippen LogP contribution in [0.3, 0.4) is 0 Å². The minimum absolute atomic E-state index is 0.000728. The number of Topliss-reactive ketones (excluding diaryl/α,β-unsaturated/α-hetero) is 1. The summed E-state index contributed by atoms with van der Waals surface area (Å²) in [5.41, 5.74) is 1.76. The number of fused-ring (bicyclic) bond motifs is 1. The summed E-state index contributed by atoms with van der Waals surface area (Å²) in [6, 6.07) is 9.30. The highest BCUT2D eigenvalue weighted by atomic mass is 16.5. The van der Waals surface area contributed by atoms with Gasteiger partial charge in [-0.1, -0.05) is 12.1 Å². The number of hydrogen-bond acceptors (Lipinski definition) is 4. The van der Waals surface area contributed by atoms with Crippen LogP contribution in [0.4, 0.5) is 0 Å². The van der Waals surface area contributed by atoms with Crippen molar-refractivity contribution in [3.8, 4) is 5.75 Å². The smallest absolute Gasteiger partial charge is 0.255 e. The number of hydrogen-bond donors (Lipinski definition) is 0. The molecule has 5 heteroatoms. The number of aromatic nitrogens is 1. The molecule has 0 bridgehead atoms. The second-order valence-electron chi connectivity index (χ2n) is 7.28. The molecule has 2 aliphatic heterocycles. The number of amides is 1. The maximum atomic E-state index is 12.8. The van der Waals surface area contributed by atoms with Crippen LogP contribution in [0.2, 0.25) is 0 Å². The molecule has 3 heterocycles. The van der Waals surface area contributed by atoms with Gasteiger partial charge < -0.3 is 9.64 Å². The summed E-state index contributed by atoms with van der Waals surface area (Å²) < 4.78 is 6.29. The van der Waals surface area contributed by atoms with E-state index < -0.39 is 5.60 Å². The number of aryl methyl sites for hydroxylation is 1. The lowest BCUT2D eigenvalue weighted by Gasteiger charge is -2.37. The van der Waals surface area contributed by atoms with Gasteiger partial charge in [0.1, 0.15) is 11.4 Å². The third-order valence-electron chi connectivity index (χ3n) is 5.30. The van der Waals surface area contributed by atoms with E-state index in [2.05, 4.69) is 4.98 Å². The SMILES string of the molecule is Cc1cncc(C(=O)N2CCCC3(CC2)CC(=O)c2ccccc2O3)c1. The molecule has 1 spiro atoms. The van der Waals surface area contributed by atoms with E-state index in [4.69, 9.17) is 4.74 Å². The van der Waals surface area contributed by atoms with Crippen LogP contribution in [0.15, 0.2) is 42.7 Å². The van der Waals surface area contributed by atoms with Gasteiger partial charge >= 0.3 is 0 Å². The standard InChI is InChI=1S/C21H22N2O3/c1-15-11-16(14-22-13-15)20(25)23-9-4-7-21(8-10-23)12-18(24)17-5-2-3-6-19(17)26-21/h2-3,5-6,11,13-14H,4,7-10,12H2,1H3. The summed E-state index contributed by atoms with van der Waals surface area (Å²) in [7, 11) is 0. The molecule has 5 nitrogen and oxygen atoms in total. The highest BCUT2D eigenvalue weighted by Crippen LogP contribution is 2.39. The normalized spacial score (nSPS) is 22.5. The Kier molecular flexibility index (Phi) is 4.23. The third kappa shape index (κ3) is 3.09. The van der Waals surface area contributed by atoms with Crippen LogP contribution < -0.4 is 4.74 Å². The molecule has 4 rings (SSSR count). The Labute approximate surface area is 153 Å². The van der Waals surface area contributed by atoms with Gasteiger partial charge in [0, 0.05) is 31.9 Å². The van der Waals surface area contributed by atoms with E-state index in [1.807, 2.05) is 42.2 Å². The van der Waals surface area contributed by atoms with Crippen LogP contribution in [-0.4, -0.2) is 40.3 Å². The largest absolute Gasteiger partial charge is 0.486 e. The van der Waals surface area contributed by atoms with Crippen molar-refractivity contribution in [2.24, 2.45) is 0 Å². The van der Waals surface area contributed by atoms with Crippen LogP contribution in [0.1, 0.15) is 52.0 Å². The van der Waals surface area contributed by atoms with E-state index in [9.17, 15) is 9.59 Å². The molecule has 2 aliphatic rings. The van der Waals surface area contributed by atoms with Gasteiger partial charge in [-0.2, -0.15) is 0 Å². The minimum atomic E-state index is -0.495. The van der Waals surface area contributed by atoms with E-state index in [0.717, 1.165) is 18.4 Å². The second kappa shape index (κ2) is 6.56. The lowest BCUT2D eigenvalue weighted by atomic mass is 9.84. The molecule has 1 saturated heterocycles. The van der Waals surface area contributed by atoms with E-state index >= 15 is 0 Å². The summed E-state index contributed by atoms with van der Waals surface area (Å²) in [5.74, 6) is 0.807. The van der Waals surface area contributed by atoms with E-state index in [0.29, 0.717) is 42.8 Å². The van der Waals surface area contributed by atoms with Crippen LogP contribution >= 0.6 is 0 Å². The van der Waals surface area contributed by atoms with Crippen molar-refractivity contribution in [2.75, 3.05) is 13.1 Å². The summed E-state index contributed by atoms with van der Waals surface area (Å²) >= 11 is 0. The lowest BCUT2D eigenvalue weighted by molar-refractivity contribution is 0.0300. The first-order valence-electron chi connectivity index (χ1n) is 9.09. The van der Waals surface area contributed by atoms with E-state index in [1.165, 1.54) is 0 Å². The molecule has 26 heavy (non-hydrogen) atoms. The lowest BCUT2D eigenvalue weighted by Crippen LogP contribution is -2.43. The van der Waals surface area contributed by atoms with Gasteiger partial charge in [0.25, 0.3) is 5.91 Å². The van der Waals surface area contributed by atoms with Crippen LogP contribution in [0.5, 0.6) is 5.75 Å². The quantitative estimate of drug-likeness (QED) is 0.791. The monoisotopic (exact) mass is 350 g/mol. The Morgan fingerprint density at radius 3 is 2.88 bits per heavy atom. The second-order valence-corrected chi connectivity index (χ2v) is 7.28. The van der Waals surface area contributed by atoms with Crippen molar-refractivity contribution < 1.29 is 14.3 Å². The number of carbonyl (C=O) groups excluding carboxylic acids is 2. The van der Waals surface area contributed by atoms with Crippen LogP contribution in [0, 0.1) is 6.92 Å². The number of rotatable bonds is 1. The maximum absolute atomic E-state index is 12.8. The van der Waals surface area contributed by atoms with Gasteiger partial charge in [0.05, 0.1) is 17.5 Å². The predicted molar refractivity (Wildman–Crippen MR) is 97.5 cm³/mol. The summed E-state index contributed by atoms with van der Waals surface area (Å²) in [6.45, 7) is 3.19. The van der Waals surface area contributed by atoms with Gasteiger partial charge in [-0.25, -0.2) is 0 Å². The number of para-hydroxylation sites is 1. The van der Waals surface area contributed by atoms with Crippen LogP contribution in [0.25, 0.3) is 0 Å². The van der Waals surface area contributed by atoms with Gasteiger partial charge in [0.2, 0.25) is 0 Å². The van der Waals surface area contributed by atoms with Crippen molar-refractivity contribution in [3.63, 3.8) is 0 Å². The highest BCUT2D eigenvalue weighted by Gasteiger charge is 2.42. The Hall–Kier alpha value is -2.69. The Bertz CT molecular complexity index is 864. The predicted octanol–water partition coefficient (Wildman–Crippen LogP) is 3.42. The Balaban J connectivity index is 1.52. The molecule has 0 radical (unpaired) electrons. The fourth-order valence-corrected chi connectivity index (χ4v) is 3.95. The van der Waals surface area contributed by atoms with Crippen molar-refractivity contribution >= 4 is 11.7 Å². The van der Waals surface area contributed by atoms with Gasteiger partial charge in [0.15, 0.2) is 5.78 Å². The average Bonchev–Trinajstić information content (AvgIpc) is 2.83. The molecule has 1 unspecified atom stereocenters. The molecule has 0 aliphatic carbocycles. The zero-order valence-corrected chi connectivity index (χ0v) is 14.9. The van der Waals surface area contributed by atoms with E-state index in [-0.39, 0.29) is 11.7 Å². The van der Waals surface area contributed by atoms with Crippen LogP contribution in [-0.2, 0) is 0 Å². The fourth-order valence-electron chi connectivity index (χ4n) is 3.95. The molecule has 1 aromatic heterocycles. The van der Waals surface area contributed by atoms with Crippen molar-refractivity contribution in [1.82, 2.24) is 9.88 Å². The van der Waals surface area contributed by atoms with Gasteiger partial charge in [-0.05, 0) is 43.5 Å². The molecule has 2 aromatic rings. The van der Waals surface area contributed by atoms with E-state index in [1.54, 1.807) is 12.4 Å². The highest BCUT2D eigenvalue weighted by molar-refractivity contribution is 6.00. The average molecular weight is 350 g/mol. The number of ketones is 1. The topological polar surface area (TPSA) is 59.5 Å². The van der Waals surface area contributed by atoms with Crippen molar-refractivity contribution in [1.29, 1.82) is 0 Å². The zero-order chi connectivity index (χ0) is 18.1. The molecule has 1 aromatic carbocycles. The summed E-state index contributed by atoms with van der Waals surface area (Å²) in [4.78, 5) is 31.4. The first kappa shape index (κ1) is 16.8. The number of likely N-dealkylation sites (tertiary alicyclic amines) is 1. The number of pyridine rings is 1. The Morgan fingerprint density at radius 2 is 2.04 bits per heavy atom. The molecule has 0 saturated carbocycles. The number of nitrogens with zero attached hydrogens (tertiary/aromatic N) is 2. The molecule has 1 amide bonds. The number of benzene rings is 1. The molecule has 1 atom stereocenters. The Morgan fingerprint density at radius 1 is 1.19 bits per heavy atom. The van der Waals surface area contributed by atoms with Gasteiger partial charge in [-0.15, -0.1) is 0 Å². The summed E-state index contributed by atoms with van der Waals surface area (Å²) in [5, 5.41) is 0. The van der Waals surface area contributed by atoms with Gasteiger partial charge in [-0.3, -0.25) is 14.6 Å². The molecule has 0 N–H and O–H groups in total. The first-order chi connectivity index (χ1) is 12.6. The molecular formula is C21H22N2O3. The maximum Gasteiger partial charge on any atom is 0.255 e. The molecular weight excluding hydrogens is 328 g/mol. The third-order valence-corrected chi connectivity index (χ3v) is 5.30. The van der Waals surface area contributed by atoms with Crippen molar-refractivity contribution in [2.45, 2.75) is 38.2 Å². The fraction of sp³-hybridized carbons (Fsp3) is 0.381. The van der Waals surface area contributed by atoms with Crippen molar-refractivity contribution in [3.05, 3.63) is 59.4 Å².